The highest BCUT2D eigenvalue weighted by Gasteiger charge is 2.19. The van der Waals surface area contributed by atoms with Crippen LogP contribution in [0.2, 0.25) is 0 Å². The number of hydrogen-bond acceptors (Lipinski definition) is 4. The van der Waals surface area contributed by atoms with E-state index in [1.165, 1.54) is 0 Å². The molecule has 1 aromatic heterocycles. The lowest BCUT2D eigenvalue weighted by Gasteiger charge is -2.25. The molecule has 0 spiro atoms. The standard InChI is InChI=1S/C19H26N2O2S/c1-14(2)10-21(19(22)15(3)4)11-16-13-24-18(20-16)12-23-17-8-6-5-7-9-17/h5-9,13-15H,10-12H2,1-4H3. The largest absolute Gasteiger partial charge is 0.486 e. The number of carbonyl (C=O) groups excluding carboxylic acids is 1. The summed E-state index contributed by atoms with van der Waals surface area (Å²) in [4.78, 5) is 18.9. The van der Waals surface area contributed by atoms with Gasteiger partial charge in [0.05, 0.1) is 12.2 Å². The summed E-state index contributed by atoms with van der Waals surface area (Å²) in [6, 6.07) is 9.72. The molecule has 0 unspecified atom stereocenters. The minimum Gasteiger partial charge on any atom is -0.486 e. The molecule has 2 aromatic rings. The summed E-state index contributed by atoms with van der Waals surface area (Å²) in [7, 11) is 0. The van der Waals surface area contributed by atoms with Crippen molar-refractivity contribution in [2.24, 2.45) is 11.8 Å². The van der Waals surface area contributed by atoms with Crippen molar-refractivity contribution in [3.8, 4) is 5.75 Å². The summed E-state index contributed by atoms with van der Waals surface area (Å²) in [6.07, 6.45) is 0. The Hall–Kier alpha value is -1.88. The van der Waals surface area contributed by atoms with E-state index in [1.54, 1.807) is 11.3 Å². The van der Waals surface area contributed by atoms with Crippen LogP contribution in [0.1, 0.15) is 38.4 Å². The first-order chi connectivity index (χ1) is 11.5. The lowest BCUT2D eigenvalue weighted by molar-refractivity contribution is -0.135. The predicted octanol–water partition coefficient (Wildman–Crippen LogP) is 4.36. The van der Waals surface area contributed by atoms with Gasteiger partial charge in [0.15, 0.2) is 0 Å². The molecule has 4 nitrogen and oxygen atoms in total. The Balaban J connectivity index is 1.96. The minimum atomic E-state index is 0.00303. The van der Waals surface area contributed by atoms with Gasteiger partial charge in [-0.25, -0.2) is 4.98 Å². The topological polar surface area (TPSA) is 42.4 Å². The summed E-state index contributed by atoms with van der Waals surface area (Å²) >= 11 is 1.58. The number of rotatable bonds is 8. The van der Waals surface area contributed by atoms with Crippen LogP contribution in [0.5, 0.6) is 5.75 Å². The van der Waals surface area contributed by atoms with Gasteiger partial charge >= 0.3 is 0 Å². The van der Waals surface area contributed by atoms with Crippen molar-refractivity contribution in [1.82, 2.24) is 9.88 Å². The van der Waals surface area contributed by atoms with Crippen LogP contribution in [0.3, 0.4) is 0 Å². The average molecular weight is 346 g/mol. The molecule has 0 N–H and O–H groups in total. The fourth-order valence-electron chi connectivity index (χ4n) is 2.38. The van der Waals surface area contributed by atoms with Crippen LogP contribution in [-0.4, -0.2) is 22.3 Å². The number of hydrogen-bond donors (Lipinski definition) is 0. The zero-order valence-electron chi connectivity index (χ0n) is 14.9. The molecule has 0 aliphatic heterocycles. The fourth-order valence-corrected chi connectivity index (χ4v) is 3.08. The van der Waals surface area contributed by atoms with Gasteiger partial charge in [-0.1, -0.05) is 45.9 Å². The van der Waals surface area contributed by atoms with E-state index in [9.17, 15) is 4.79 Å². The lowest BCUT2D eigenvalue weighted by Crippen LogP contribution is -2.36. The molecule has 1 heterocycles. The summed E-state index contributed by atoms with van der Waals surface area (Å²) in [5.74, 6) is 1.46. The smallest absolute Gasteiger partial charge is 0.225 e. The molecule has 5 heteroatoms. The van der Waals surface area contributed by atoms with Gasteiger partial charge in [-0.3, -0.25) is 4.79 Å². The SMILES string of the molecule is CC(C)CN(Cc1csc(COc2ccccc2)n1)C(=O)C(C)C. The minimum absolute atomic E-state index is 0.00303. The third kappa shape index (κ3) is 5.64. The number of para-hydroxylation sites is 1. The second kappa shape index (κ2) is 8.83. The Kier molecular flexibility index (Phi) is 6.79. The van der Waals surface area contributed by atoms with Gasteiger partial charge in [0.2, 0.25) is 5.91 Å². The van der Waals surface area contributed by atoms with Crippen LogP contribution >= 0.6 is 11.3 Å². The Bertz CT molecular complexity index is 638. The van der Waals surface area contributed by atoms with Crippen molar-refractivity contribution in [2.45, 2.75) is 40.8 Å². The maximum absolute atomic E-state index is 12.4. The monoisotopic (exact) mass is 346 g/mol. The molecule has 0 saturated carbocycles. The van der Waals surface area contributed by atoms with Gasteiger partial charge in [0.25, 0.3) is 0 Å². The molecule has 1 aromatic carbocycles. The lowest BCUT2D eigenvalue weighted by atomic mass is 10.1. The molecule has 0 radical (unpaired) electrons. The maximum atomic E-state index is 12.4. The van der Waals surface area contributed by atoms with Crippen molar-refractivity contribution < 1.29 is 9.53 Å². The van der Waals surface area contributed by atoms with Crippen molar-refractivity contribution >= 4 is 17.2 Å². The van der Waals surface area contributed by atoms with Gasteiger partial charge in [0.1, 0.15) is 17.4 Å². The molecule has 0 saturated heterocycles. The van der Waals surface area contributed by atoms with Gasteiger partial charge < -0.3 is 9.64 Å². The Morgan fingerprint density at radius 3 is 2.54 bits per heavy atom. The van der Waals surface area contributed by atoms with E-state index in [0.29, 0.717) is 19.1 Å². The van der Waals surface area contributed by atoms with Crippen LogP contribution in [0.25, 0.3) is 0 Å². The van der Waals surface area contributed by atoms with E-state index in [4.69, 9.17) is 4.74 Å². The van der Waals surface area contributed by atoms with Gasteiger partial charge in [-0.2, -0.15) is 0 Å². The number of aromatic nitrogens is 1. The molecule has 0 atom stereocenters. The zero-order chi connectivity index (χ0) is 17.5. The summed E-state index contributed by atoms with van der Waals surface area (Å²) in [6.45, 7) is 9.91. The van der Waals surface area contributed by atoms with E-state index in [1.807, 2.05) is 54.5 Å². The number of nitrogens with zero attached hydrogens (tertiary/aromatic N) is 2. The van der Waals surface area contributed by atoms with Crippen LogP contribution in [0, 0.1) is 11.8 Å². The number of benzene rings is 1. The second-order valence-electron chi connectivity index (χ2n) is 6.60. The first kappa shape index (κ1) is 18.5. The Labute approximate surface area is 148 Å². The fraction of sp³-hybridized carbons (Fsp3) is 0.474. The summed E-state index contributed by atoms with van der Waals surface area (Å²) in [5.41, 5.74) is 0.932. The highest BCUT2D eigenvalue weighted by Crippen LogP contribution is 2.17. The number of thiazole rings is 1. The maximum Gasteiger partial charge on any atom is 0.225 e. The normalized spacial score (nSPS) is 11.1. The van der Waals surface area contributed by atoms with Crippen molar-refractivity contribution in [3.63, 3.8) is 0 Å². The predicted molar refractivity (Wildman–Crippen MR) is 98.0 cm³/mol. The third-order valence-corrected chi connectivity index (χ3v) is 4.32. The van der Waals surface area contributed by atoms with Crippen molar-refractivity contribution in [3.05, 3.63) is 46.4 Å². The Morgan fingerprint density at radius 1 is 1.21 bits per heavy atom. The molecule has 0 fully saturated rings. The van der Waals surface area contributed by atoms with Crippen molar-refractivity contribution in [1.29, 1.82) is 0 Å². The molecule has 0 aliphatic rings. The zero-order valence-corrected chi connectivity index (χ0v) is 15.7. The van der Waals surface area contributed by atoms with Crippen LogP contribution in [-0.2, 0) is 17.9 Å². The first-order valence-corrected chi connectivity index (χ1v) is 9.23. The van der Waals surface area contributed by atoms with Gasteiger partial charge in [-0.05, 0) is 18.1 Å². The van der Waals surface area contributed by atoms with Crippen LogP contribution in [0.4, 0.5) is 0 Å². The highest BCUT2D eigenvalue weighted by atomic mass is 32.1. The number of ether oxygens (including phenoxy) is 1. The summed E-state index contributed by atoms with van der Waals surface area (Å²) in [5, 5.41) is 2.94. The second-order valence-corrected chi connectivity index (χ2v) is 7.54. The number of amides is 1. The van der Waals surface area contributed by atoms with E-state index in [-0.39, 0.29) is 11.8 Å². The van der Waals surface area contributed by atoms with E-state index in [2.05, 4.69) is 18.8 Å². The molecule has 0 bridgehead atoms. The molecule has 1 amide bonds. The van der Waals surface area contributed by atoms with Crippen LogP contribution < -0.4 is 4.74 Å². The van der Waals surface area contributed by atoms with E-state index in [0.717, 1.165) is 23.0 Å². The quantitative estimate of drug-likeness (QED) is 0.713. The van der Waals surface area contributed by atoms with Crippen LogP contribution in [0.15, 0.2) is 35.7 Å². The molecular weight excluding hydrogens is 320 g/mol. The Morgan fingerprint density at radius 2 is 1.92 bits per heavy atom. The molecular formula is C19H26N2O2S. The molecule has 24 heavy (non-hydrogen) atoms. The molecule has 0 aliphatic carbocycles. The molecule has 130 valence electrons. The summed E-state index contributed by atoms with van der Waals surface area (Å²) < 4.78 is 5.73. The van der Waals surface area contributed by atoms with Crippen molar-refractivity contribution in [2.75, 3.05) is 6.54 Å². The molecule has 2 rings (SSSR count). The van der Waals surface area contributed by atoms with Gasteiger partial charge in [0, 0.05) is 17.8 Å². The highest BCUT2D eigenvalue weighted by molar-refractivity contribution is 7.09. The number of carbonyl (C=O) groups is 1. The van der Waals surface area contributed by atoms with E-state index >= 15 is 0 Å². The first-order valence-electron chi connectivity index (χ1n) is 8.35. The third-order valence-electron chi connectivity index (χ3n) is 3.45. The van der Waals surface area contributed by atoms with E-state index < -0.39 is 0 Å². The average Bonchev–Trinajstić information content (AvgIpc) is 2.99. The van der Waals surface area contributed by atoms with Gasteiger partial charge in [-0.15, -0.1) is 11.3 Å².